The summed E-state index contributed by atoms with van der Waals surface area (Å²) in [4.78, 5) is 9.54. The Morgan fingerprint density at radius 2 is 1.89 bits per heavy atom. The molecule has 2 rings (SSSR count). The number of benzene rings is 1. The first-order valence-electron chi connectivity index (χ1n) is 5.97. The first-order chi connectivity index (χ1) is 8.77. The molecular weight excluding hydrogens is 224 g/mol. The van der Waals surface area contributed by atoms with Crippen molar-refractivity contribution in [2.75, 3.05) is 0 Å². The van der Waals surface area contributed by atoms with E-state index in [1.54, 1.807) is 12.4 Å². The van der Waals surface area contributed by atoms with Crippen LogP contribution in [-0.2, 0) is 4.84 Å². The lowest BCUT2D eigenvalue weighted by Gasteiger charge is -2.05. The fourth-order valence-electron chi connectivity index (χ4n) is 1.57. The Balaban J connectivity index is 2.29. The first kappa shape index (κ1) is 12.3. The van der Waals surface area contributed by atoms with Crippen LogP contribution in [0.4, 0.5) is 0 Å². The summed E-state index contributed by atoms with van der Waals surface area (Å²) in [6, 6.07) is 13.9. The average molecular weight is 240 g/mol. The van der Waals surface area contributed by atoms with Gasteiger partial charge in [-0.15, -0.1) is 0 Å². The molecule has 3 heteroatoms. The molecular formula is C15H16N2O. The molecule has 0 saturated heterocycles. The van der Waals surface area contributed by atoms with Gasteiger partial charge in [-0.3, -0.25) is 4.98 Å². The van der Waals surface area contributed by atoms with E-state index in [-0.39, 0.29) is 6.10 Å². The molecule has 0 bridgehead atoms. The van der Waals surface area contributed by atoms with Crippen LogP contribution in [0.3, 0.4) is 0 Å². The van der Waals surface area contributed by atoms with Gasteiger partial charge in [-0.1, -0.05) is 35.5 Å². The summed E-state index contributed by atoms with van der Waals surface area (Å²) in [6.45, 7) is 3.89. The quantitative estimate of drug-likeness (QED) is 0.605. The number of hydrogen-bond donors (Lipinski definition) is 0. The molecule has 0 amide bonds. The van der Waals surface area contributed by atoms with E-state index in [4.69, 9.17) is 4.84 Å². The van der Waals surface area contributed by atoms with Crippen LogP contribution >= 0.6 is 0 Å². The molecule has 18 heavy (non-hydrogen) atoms. The molecule has 0 unspecified atom stereocenters. The van der Waals surface area contributed by atoms with E-state index in [2.05, 4.69) is 10.1 Å². The minimum Gasteiger partial charge on any atom is -0.393 e. The summed E-state index contributed by atoms with van der Waals surface area (Å²) in [7, 11) is 0. The summed E-state index contributed by atoms with van der Waals surface area (Å²) in [5.74, 6) is 0. The maximum atomic E-state index is 5.19. The van der Waals surface area contributed by atoms with Crippen LogP contribution in [0.2, 0.25) is 0 Å². The predicted octanol–water partition coefficient (Wildman–Crippen LogP) is 3.51. The van der Waals surface area contributed by atoms with E-state index < -0.39 is 0 Å². The number of pyridine rings is 1. The molecule has 0 radical (unpaired) electrons. The Morgan fingerprint density at radius 1 is 1.11 bits per heavy atom. The largest absolute Gasteiger partial charge is 0.393 e. The van der Waals surface area contributed by atoms with E-state index in [1.807, 2.05) is 56.3 Å². The molecule has 0 atom stereocenters. The van der Waals surface area contributed by atoms with Crippen LogP contribution in [0.5, 0.6) is 0 Å². The van der Waals surface area contributed by atoms with Crippen molar-refractivity contribution in [2.24, 2.45) is 5.16 Å². The standard InChI is InChI=1S/C15H16N2O/c1-12(2)18-17-11-13-7-3-4-8-14(13)15-9-5-6-10-16-15/h3-12H,1-2H3. The Morgan fingerprint density at radius 3 is 2.61 bits per heavy atom. The summed E-state index contributed by atoms with van der Waals surface area (Å²) >= 11 is 0. The third-order valence-corrected chi connectivity index (χ3v) is 2.37. The highest BCUT2D eigenvalue weighted by Crippen LogP contribution is 2.19. The second kappa shape index (κ2) is 5.96. The van der Waals surface area contributed by atoms with E-state index >= 15 is 0 Å². The van der Waals surface area contributed by atoms with Gasteiger partial charge in [0.15, 0.2) is 0 Å². The van der Waals surface area contributed by atoms with Crippen LogP contribution in [0, 0.1) is 0 Å². The summed E-state index contributed by atoms with van der Waals surface area (Å²) < 4.78 is 0. The smallest absolute Gasteiger partial charge is 0.122 e. The highest BCUT2D eigenvalue weighted by Gasteiger charge is 2.03. The minimum atomic E-state index is 0.0864. The molecule has 2 aromatic rings. The second-order valence-corrected chi connectivity index (χ2v) is 4.19. The highest BCUT2D eigenvalue weighted by molar-refractivity contribution is 5.89. The summed E-state index contributed by atoms with van der Waals surface area (Å²) in [6.07, 6.45) is 3.60. The summed E-state index contributed by atoms with van der Waals surface area (Å²) in [5, 5.41) is 3.97. The number of rotatable bonds is 4. The third-order valence-electron chi connectivity index (χ3n) is 2.37. The summed E-state index contributed by atoms with van der Waals surface area (Å²) in [5.41, 5.74) is 2.98. The predicted molar refractivity (Wildman–Crippen MR) is 73.5 cm³/mol. The van der Waals surface area contributed by atoms with Crippen LogP contribution in [0.1, 0.15) is 19.4 Å². The number of oxime groups is 1. The highest BCUT2D eigenvalue weighted by atomic mass is 16.6. The average Bonchev–Trinajstić information content (AvgIpc) is 2.40. The molecule has 0 aliphatic rings. The minimum absolute atomic E-state index is 0.0864. The van der Waals surface area contributed by atoms with Gasteiger partial charge in [0.1, 0.15) is 6.10 Å². The molecule has 0 aliphatic carbocycles. The second-order valence-electron chi connectivity index (χ2n) is 4.19. The molecule has 3 nitrogen and oxygen atoms in total. The van der Waals surface area contributed by atoms with Crippen molar-refractivity contribution in [1.29, 1.82) is 0 Å². The lowest BCUT2D eigenvalue weighted by Crippen LogP contribution is -1.97. The first-order valence-corrected chi connectivity index (χ1v) is 5.97. The maximum Gasteiger partial charge on any atom is 0.122 e. The number of nitrogens with zero attached hydrogens (tertiary/aromatic N) is 2. The van der Waals surface area contributed by atoms with Gasteiger partial charge < -0.3 is 4.84 Å². The zero-order valence-electron chi connectivity index (χ0n) is 10.6. The SMILES string of the molecule is CC(C)ON=Cc1ccccc1-c1ccccn1. The van der Waals surface area contributed by atoms with Crippen molar-refractivity contribution in [3.8, 4) is 11.3 Å². The molecule has 1 heterocycles. The van der Waals surface area contributed by atoms with Crippen molar-refractivity contribution in [1.82, 2.24) is 4.98 Å². The Hall–Kier alpha value is -2.16. The molecule has 0 fully saturated rings. The number of hydrogen-bond acceptors (Lipinski definition) is 3. The van der Waals surface area contributed by atoms with Crippen molar-refractivity contribution in [2.45, 2.75) is 20.0 Å². The van der Waals surface area contributed by atoms with Crippen LogP contribution < -0.4 is 0 Å². The zero-order chi connectivity index (χ0) is 12.8. The normalized spacial score (nSPS) is 11.1. The van der Waals surface area contributed by atoms with E-state index in [1.165, 1.54) is 0 Å². The molecule has 0 N–H and O–H groups in total. The monoisotopic (exact) mass is 240 g/mol. The van der Waals surface area contributed by atoms with Crippen LogP contribution in [-0.4, -0.2) is 17.3 Å². The molecule has 1 aromatic carbocycles. The van der Waals surface area contributed by atoms with Crippen molar-refractivity contribution >= 4 is 6.21 Å². The fraction of sp³-hybridized carbons (Fsp3) is 0.200. The van der Waals surface area contributed by atoms with Crippen LogP contribution in [0.25, 0.3) is 11.3 Å². The molecule has 0 spiro atoms. The molecule has 0 aliphatic heterocycles. The lowest BCUT2D eigenvalue weighted by molar-refractivity contribution is 0.0874. The van der Waals surface area contributed by atoms with Crippen molar-refractivity contribution < 1.29 is 4.84 Å². The van der Waals surface area contributed by atoms with Gasteiger partial charge in [-0.05, 0) is 26.0 Å². The van der Waals surface area contributed by atoms with Crippen molar-refractivity contribution in [3.05, 3.63) is 54.2 Å². The van der Waals surface area contributed by atoms with E-state index in [0.29, 0.717) is 0 Å². The molecule has 92 valence electrons. The van der Waals surface area contributed by atoms with Gasteiger partial charge in [-0.25, -0.2) is 0 Å². The van der Waals surface area contributed by atoms with E-state index in [0.717, 1.165) is 16.8 Å². The Kier molecular flexibility index (Phi) is 4.07. The fourth-order valence-corrected chi connectivity index (χ4v) is 1.57. The Bertz CT molecular complexity index is 521. The topological polar surface area (TPSA) is 34.5 Å². The van der Waals surface area contributed by atoms with E-state index in [9.17, 15) is 0 Å². The van der Waals surface area contributed by atoms with Gasteiger partial charge in [0.25, 0.3) is 0 Å². The van der Waals surface area contributed by atoms with Crippen molar-refractivity contribution in [3.63, 3.8) is 0 Å². The molecule has 1 aromatic heterocycles. The zero-order valence-corrected chi connectivity index (χ0v) is 10.6. The van der Waals surface area contributed by atoms with Gasteiger partial charge in [0.2, 0.25) is 0 Å². The van der Waals surface area contributed by atoms with Crippen LogP contribution in [0.15, 0.2) is 53.8 Å². The lowest BCUT2D eigenvalue weighted by atomic mass is 10.1. The van der Waals surface area contributed by atoms with Gasteiger partial charge in [0.05, 0.1) is 11.9 Å². The maximum absolute atomic E-state index is 5.19. The van der Waals surface area contributed by atoms with Gasteiger partial charge in [0, 0.05) is 17.3 Å². The van der Waals surface area contributed by atoms with Gasteiger partial charge >= 0.3 is 0 Å². The Labute approximate surface area is 107 Å². The third kappa shape index (κ3) is 3.17. The van der Waals surface area contributed by atoms with Gasteiger partial charge in [-0.2, -0.15) is 0 Å². The number of aromatic nitrogens is 1. The molecule has 0 saturated carbocycles.